The maximum Gasteiger partial charge on any atom is 0.311 e. The molecular formula is C19H22N4O6. The Morgan fingerprint density at radius 1 is 0.966 bits per heavy atom. The van der Waals surface area contributed by atoms with E-state index in [9.17, 15) is 20.2 Å². The molecule has 0 saturated heterocycles. The van der Waals surface area contributed by atoms with Gasteiger partial charge in [-0.25, -0.2) is 0 Å². The third-order valence-corrected chi connectivity index (χ3v) is 3.69. The average molecular weight is 402 g/mol. The first kappa shape index (κ1) is 21.6. The summed E-state index contributed by atoms with van der Waals surface area (Å²) < 4.78 is 11.2. The molecule has 0 aliphatic carbocycles. The highest BCUT2D eigenvalue weighted by atomic mass is 16.6. The topological polar surface area (TPSA) is 129 Å². The maximum absolute atomic E-state index is 11.4. The molecule has 1 N–H and O–H groups in total. The SMILES string of the molecule is CCCOc1cc(OCCC)c([N+](=O)[O-])cc1C=NNc1ccc([N+](=O)[O-])cc1. The number of nitro groups is 2. The number of anilines is 1. The van der Waals surface area contributed by atoms with Crippen LogP contribution in [0, 0.1) is 20.2 Å². The molecule has 2 rings (SSSR count). The van der Waals surface area contributed by atoms with Crippen LogP contribution >= 0.6 is 0 Å². The molecule has 0 heterocycles. The lowest BCUT2D eigenvalue weighted by atomic mass is 10.1. The summed E-state index contributed by atoms with van der Waals surface area (Å²) in [6.45, 7) is 4.64. The molecule has 2 aromatic carbocycles. The number of hydrazone groups is 1. The number of ether oxygens (including phenoxy) is 2. The zero-order valence-corrected chi connectivity index (χ0v) is 16.2. The van der Waals surface area contributed by atoms with Gasteiger partial charge in [0.05, 0.1) is 35.0 Å². The average Bonchev–Trinajstić information content (AvgIpc) is 2.71. The Bertz CT molecular complexity index is 883. The molecule has 29 heavy (non-hydrogen) atoms. The fourth-order valence-corrected chi connectivity index (χ4v) is 2.31. The summed E-state index contributed by atoms with van der Waals surface area (Å²) in [7, 11) is 0. The molecule has 0 bridgehead atoms. The van der Waals surface area contributed by atoms with Gasteiger partial charge >= 0.3 is 5.69 Å². The van der Waals surface area contributed by atoms with Crippen molar-refractivity contribution in [2.45, 2.75) is 26.7 Å². The monoisotopic (exact) mass is 402 g/mol. The fraction of sp³-hybridized carbons (Fsp3) is 0.316. The van der Waals surface area contributed by atoms with Crippen LogP contribution in [0.3, 0.4) is 0 Å². The second kappa shape index (κ2) is 10.6. The van der Waals surface area contributed by atoms with E-state index in [2.05, 4.69) is 10.5 Å². The zero-order valence-electron chi connectivity index (χ0n) is 16.2. The van der Waals surface area contributed by atoms with Crippen molar-refractivity contribution in [3.63, 3.8) is 0 Å². The van der Waals surface area contributed by atoms with Crippen LogP contribution in [-0.2, 0) is 0 Å². The van der Waals surface area contributed by atoms with E-state index in [1.54, 1.807) is 0 Å². The van der Waals surface area contributed by atoms with Crippen LogP contribution in [0.5, 0.6) is 11.5 Å². The molecule has 10 nitrogen and oxygen atoms in total. The highest BCUT2D eigenvalue weighted by Gasteiger charge is 2.20. The first-order valence-electron chi connectivity index (χ1n) is 9.07. The van der Waals surface area contributed by atoms with E-state index >= 15 is 0 Å². The minimum atomic E-state index is -0.518. The van der Waals surface area contributed by atoms with E-state index in [0.29, 0.717) is 36.6 Å². The van der Waals surface area contributed by atoms with Crippen molar-refractivity contribution in [1.82, 2.24) is 0 Å². The lowest BCUT2D eigenvalue weighted by Gasteiger charge is -2.12. The van der Waals surface area contributed by atoms with E-state index in [1.165, 1.54) is 42.6 Å². The van der Waals surface area contributed by atoms with Gasteiger partial charge in [-0.15, -0.1) is 0 Å². The largest absolute Gasteiger partial charge is 0.493 e. The third kappa shape index (κ3) is 6.16. The Balaban J connectivity index is 2.27. The van der Waals surface area contributed by atoms with Crippen molar-refractivity contribution < 1.29 is 19.3 Å². The van der Waals surface area contributed by atoms with Crippen LogP contribution in [-0.4, -0.2) is 29.3 Å². The summed E-state index contributed by atoms with van der Waals surface area (Å²) in [5.74, 6) is 0.557. The fourth-order valence-electron chi connectivity index (χ4n) is 2.31. The summed E-state index contributed by atoms with van der Waals surface area (Å²) in [5.41, 5.74) is 3.45. The van der Waals surface area contributed by atoms with Gasteiger partial charge in [-0.05, 0) is 25.0 Å². The molecule has 2 aromatic rings. The molecule has 0 atom stereocenters. The predicted octanol–water partition coefficient (Wildman–Crippen LogP) is 4.53. The minimum Gasteiger partial charge on any atom is -0.493 e. The van der Waals surface area contributed by atoms with Crippen molar-refractivity contribution in [2.24, 2.45) is 5.10 Å². The van der Waals surface area contributed by atoms with Crippen LogP contribution in [0.4, 0.5) is 17.1 Å². The summed E-state index contributed by atoms with van der Waals surface area (Å²) in [6.07, 6.45) is 2.87. The third-order valence-electron chi connectivity index (χ3n) is 3.69. The minimum absolute atomic E-state index is 0.0342. The number of hydrogen-bond donors (Lipinski definition) is 1. The van der Waals surface area contributed by atoms with Crippen molar-refractivity contribution in [2.75, 3.05) is 18.6 Å². The molecule has 0 spiro atoms. The Kier molecular flexibility index (Phi) is 7.89. The number of non-ortho nitro benzene ring substituents is 1. The molecule has 0 aliphatic heterocycles. The van der Waals surface area contributed by atoms with Gasteiger partial charge in [-0.3, -0.25) is 25.7 Å². The number of rotatable bonds is 11. The number of benzene rings is 2. The smallest absolute Gasteiger partial charge is 0.311 e. The number of nitro benzene ring substituents is 2. The quantitative estimate of drug-likeness (QED) is 0.332. The normalized spacial score (nSPS) is 10.7. The van der Waals surface area contributed by atoms with Gasteiger partial charge < -0.3 is 9.47 Å². The van der Waals surface area contributed by atoms with Crippen molar-refractivity contribution >= 4 is 23.3 Å². The molecule has 0 radical (unpaired) electrons. The predicted molar refractivity (Wildman–Crippen MR) is 109 cm³/mol. The maximum atomic E-state index is 11.4. The van der Waals surface area contributed by atoms with Gasteiger partial charge in [0.25, 0.3) is 5.69 Å². The summed E-state index contributed by atoms with van der Waals surface area (Å²) >= 11 is 0. The summed E-state index contributed by atoms with van der Waals surface area (Å²) in [6, 6.07) is 8.55. The highest BCUT2D eigenvalue weighted by molar-refractivity contribution is 5.86. The molecule has 0 unspecified atom stereocenters. The lowest BCUT2D eigenvalue weighted by Crippen LogP contribution is -2.04. The first-order chi connectivity index (χ1) is 14.0. The second-order valence-corrected chi connectivity index (χ2v) is 5.99. The van der Waals surface area contributed by atoms with Crippen LogP contribution in [0.15, 0.2) is 41.5 Å². The van der Waals surface area contributed by atoms with E-state index in [-0.39, 0.29) is 17.1 Å². The molecule has 0 fully saturated rings. The van der Waals surface area contributed by atoms with E-state index in [4.69, 9.17) is 9.47 Å². The van der Waals surface area contributed by atoms with Gasteiger partial charge in [0, 0.05) is 29.8 Å². The summed E-state index contributed by atoms with van der Waals surface area (Å²) in [5, 5.41) is 26.2. The molecule has 0 aliphatic rings. The molecule has 0 aromatic heterocycles. The summed E-state index contributed by atoms with van der Waals surface area (Å²) in [4.78, 5) is 21.1. The van der Waals surface area contributed by atoms with Crippen LogP contribution in [0.1, 0.15) is 32.3 Å². The Labute approximate surface area is 167 Å². The van der Waals surface area contributed by atoms with Crippen LogP contribution in [0.2, 0.25) is 0 Å². The molecule has 0 saturated carbocycles. The van der Waals surface area contributed by atoms with Gasteiger partial charge in [0.1, 0.15) is 5.75 Å². The Morgan fingerprint density at radius 2 is 1.59 bits per heavy atom. The lowest BCUT2D eigenvalue weighted by molar-refractivity contribution is -0.385. The van der Waals surface area contributed by atoms with Crippen molar-refractivity contribution in [3.8, 4) is 11.5 Å². The van der Waals surface area contributed by atoms with E-state index < -0.39 is 9.85 Å². The van der Waals surface area contributed by atoms with Gasteiger partial charge in [0.2, 0.25) is 5.75 Å². The van der Waals surface area contributed by atoms with Gasteiger partial charge in [-0.2, -0.15) is 5.10 Å². The van der Waals surface area contributed by atoms with Crippen LogP contribution in [0.25, 0.3) is 0 Å². The highest BCUT2D eigenvalue weighted by Crippen LogP contribution is 2.34. The second-order valence-electron chi connectivity index (χ2n) is 5.99. The Morgan fingerprint density at radius 3 is 2.14 bits per heavy atom. The molecular weight excluding hydrogens is 380 g/mol. The Hall–Kier alpha value is -3.69. The molecule has 10 heteroatoms. The van der Waals surface area contributed by atoms with Gasteiger partial charge in [-0.1, -0.05) is 13.8 Å². The van der Waals surface area contributed by atoms with Gasteiger partial charge in [0.15, 0.2) is 0 Å². The van der Waals surface area contributed by atoms with E-state index in [0.717, 1.165) is 6.42 Å². The van der Waals surface area contributed by atoms with E-state index in [1.807, 2.05) is 13.8 Å². The zero-order chi connectivity index (χ0) is 21.2. The van der Waals surface area contributed by atoms with Crippen molar-refractivity contribution in [3.05, 3.63) is 62.2 Å². The molecule has 154 valence electrons. The van der Waals surface area contributed by atoms with Crippen molar-refractivity contribution in [1.29, 1.82) is 0 Å². The van der Waals surface area contributed by atoms with Crippen LogP contribution < -0.4 is 14.9 Å². The standard InChI is InChI=1S/C19H22N4O6/c1-3-9-28-18-12-19(29-10-4-2)17(23(26)27)11-14(18)13-20-21-15-5-7-16(8-6-15)22(24)25/h5-8,11-13,21H,3-4,9-10H2,1-2H3. The molecule has 0 amide bonds. The first-order valence-corrected chi connectivity index (χ1v) is 9.07. The number of nitrogens with one attached hydrogen (secondary N) is 1. The number of hydrogen-bond acceptors (Lipinski definition) is 8. The number of nitrogens with zero attached hydrogens (tertiary/aromatic N) is 3.